The Kier molecular flexibility index (Phi) is 6.64. The molecular weight excluding hydrogens is 253 g/mol. The summed E-state index contributed by atoms with van der Waals surface area (Å²) in [5.74, 6) is 0. The van der Waals surface area contributed by atoms with Crippen LogP contribution in [-0.2, 0) is 6.42 Å². The molecule has 1 rings (SSSR count). The quantitative estimate of drug-likeness (QED) is 0.721. The fourth-order valence-corrected chi connectivity index (χ4v) is 2.23. The SMILES string of the molecule is C=CCC(Cc1ccc(Cl)cc1Cl)NCCC. The Balaban J connectivity index is 2.67. The van der Waals surface area contributed by atoms with Gasteiger partial charge in [0.25, 0.3) is 0 Å². The van der Waals surface area contributed by atoms with Gasteiger partial charge >= 0.3 is 0 Å². The zero-order valence-corrected chi connectivity index (χ0v) is 11.7. The molecule has 1 nitrogen and oxygen atoms in total. The summed E-state index contributed by atoms with van der Waals surface area (Å²) in [7, 11) is 0. The van der Waals surface area contributed by atoms with Crippen molar-refractivity contribution >= 4 is 23.2 Å². The van der Waals surface area contributed by atoms with E-state index in [4.69, 9.17) is 23.2 Å². The third-order valence-corrected chi connectivity index (χ3v) is 3.20. The van der Waals surface area contributed by atoms with E-state index in [9.17, 15) is 0 Å². The minimum absolute atomic E-state index is 0.395. The lowest BCUT2D eigenvalue weighted by molar-refractivity contribution is 0.512. The number of halogens is 2. The second-order valence-electron chi connectivity index (χ2n) is 4.12. The third kappa shape index (κ3) is 5.12. The molecule has 94 valence electrons. The van der Waals surface area contributed by atoms with E-state index in [0.717, 1.165) is 36.4 Å². The first-order valence-corrected chi connectivity index (χ1v) is 6.71. The summed E-state index contributed by atoms with van der Waals surface area (Å²) < 4.78 is 0. The molecule has 0 radical (unpaired) electrons. The van der Waals surface area contributed by atoms with Gasteiger partial charge in [-0.3, -0.25) is 0 Å². The maximum absolute atomic E-state index is 6.17. The molecule has 0 saturated heterocycles. The number of benzene rings is 1. The van der Waals surface area contributed by atoms with Crippen LogP contribution in [0.2, 0.25) is 10.0 Å². The topological polar surface area (TPSA) is 12.0 Å². The molecule has 1 aromatic rings. The minimum Gasteiger partial charge on any atom is -0.313 e. The molecule has 0 heterocycles. The molecule has 3 heteroatoms. The zero-order valence-electron chi connectivity index (χ0n) is 10.2. The molecule has 0 bridgehead atoms. The van der Waals surface area contributed by atoms with Crippen LogP contribution in [0, 0.1) is 0 Å². The van der Waals surface area contributed by atoms with Crippen molar-refractivity contribution in [3.05, 3.63) is 46.5 Å². The molecule has 1 N–H and O–H groups in total. The number of hydrogen-bond acceptors (Lipinski definition) is 1. The van der Waals surface area contributed by atoms with Gasteiger partial charge in [0, 0.05) is 16.1 Å². The lowest BCUT2D eigenvalue weighted by Gasteiger charge is -2.17. The molecule has 0 aromatic heterocycles. The Morgan fingerprint density at radius 3 is 2.76 bits per heavy atom. The van der Waals surface area contributed by atoms with Crippen molar-refractivity contribution in [3.63, 3.8) is 0 Å². The van der Waals surface area contributed by atoms with E-state index in [2.05, 4.69) is 18.8 Å². The highest BCUT2D eigenvalue weighted by Gasteiger charge is 2.09. The van der Waals surface area contributed by atoms with Crippen LogP contribution in [0.4, 0.5) is 0 Å². The van der Waals surface area contributed by atoms with Gasteiger partial charge in [-0.2, -0.15) is 0 Å². The predicted molar refractivity (Wildman–Crippen MR) is 77.1 cm³/mol. The van der Waals surface area contributed by atoms with Crippen molar-refractivity contribution in [2.24, 2.45) is 0 Å². The Labute approximate surface area is 114 Å². The van der Waals surface area contributed by atoms with E-state index < -0.39 is 0 Å². The van der Waals surface area contributed by atoms with Crippen LogP contribution < -0.4 is 5.32 Å². The number of nitrogens with one attached hydrogen (secondary N) is 1. The summed E-state index contributed by atoms with van der Waals surface area (Å²) in [6, 6.07) is 6.07. The molecular formula is C14H19Cl2N. The van der Waals surface area contributed by atoms with Gasteiger partial charge in [-0.05, 0) is 43.5 Å². The lowest BCUT2D eigenvalue weighted by Crippen LogP contribution is -2.31. The summed E-state index contributed by atoms with van der Waals surface area (Å²) in [6.45, 7) is 6.97. The standard InChI is InChI=1S/C14H19Cl2N/c1-3-5-13(17-8-4-2)9-11-6-7-12(15)10-14(11)16/h3,6-7,10,13,17H,1,4-5,8-9H2,2H3. The molecule has 0 aliphatic carbocycles. The lowest BCUT2D eigenvalue weighted by atomic mass is 10.0. The first-order chi connectivity index (χ1) is 8.17. The highest BCUT2D eigenvalue weighted by molar-refractivity contribution is 6.35. The molecule has 0 saturated carbocycles. The average molecular weight is 272 g/mol. The molecule has 1 atom stereocenters. The van der Waals surface area contributed by atoms with Crippen molar-refractivity contribution in [1.29, 1.82) is 0 Å². The molecule has 17 heavy (non-hydrogen) atoms. The maximum atomic E-state index is 6.17. The average Bonchev–Trinajstić information content (AvgIpc) is 2.29. The van der Waals surface area contributed by atoms with E-state index in [-0.39, 0.29) is 0 Å². The molecule has 1 aromatic carbocycles. The van der Waals surface area contributed by atoms with Crippen molar-refractivity contribution in [2.75, 3.05) is 6.54 Å². The Morgan fingerprint density at radius 2 is 2.18 bits per heavy atom. The highest BCUT2D eigenvalue weighted by atomic mass is 35.5. The normalized spacial score (nSPS) is 12.4. The van der Waals surface area contributed by atoms with E-state index in [1.807, 2.05) is 18.2 Å². The molecule has 0 spiro atoms. The van der Waals surface area contributed by atoms with Crippen LogP contribution in [0.1, 0.15) is 25.3 Å². The fourth-order valence-electron chi connectivity index (χ4n) is 1.74. The van der Waals surface area contributed by atoms with Gasteiger partial charge in [0.05, 0.1) is 0 Å². The van der Waals surface area contributed by atoms with E-state index in [0.29, 0.717) is 11.1 Å². The molecule has 1 unspecified atom stereocenters. The third-order valence-electron chi connectivity index (χ3n) is 2.62. The summed E-state index contributed by atoms with van der Waals surface area (Å²) in [4.78, 5) is 0. The van der Waals surface area contributed by atoms with Crippen LogP contribution in [-0.4, -0.2) is 12.6 Å². The second-order valence-corrected chi connectivity index (χ2v) is 4.96. The summed E-state index contributed by atoms with van der Waals surface area (Å²) in [5, 5.41) is 4.92. The largest absolute Gasteiger partial charge is 0.313 e. The number of hydrogen-bond donors (Lipinski definition) is 1. The molecule has 0 aliphatic heterocycles. The van der Waals surface area contributed by atoms with Crippen LogP contribution in [0.3, 0.4) is 0 Å². The highest BCUT2D eigenvalue weighted by Crippen LogP contribution is 2.22. The van der Waals surface area contributed by atoms with Crippen LogP contribution in [0.25, 0.3) is 0 Å². The maximum Gasteiger partial charge on any atom is 0.0453 e. The van der Waals surface area contributed by atoms with Gasteiger partial charge in [0.1, 0.15) is 0 Å². The van der Waals surface area contributed by atoms with Crippen LogP contribution >= 0.6 is 23.2 Å². The first kappa shape index (κ1) is 14.6. The molecule has 0 fully saturated rings. The van der Waals surface area contributed by atoms with Crippen molar-refractivity contribution in [1.82, 2.24) is 5.32 Å². The van der Waals surface area contributed by atoms with Crippen LogP contribution in [0.5, 0.6) is 0 Å². The van der Waals surface area contributed by atoms with Gasteiger partial charge in [0.15, 0.2) is 0 Å². The monoisotopic (exact) mass is 271 g/mol. The van der Waals surface area contributed by atoms with Crippen molar-refractivity contribution in [2.45, 2.75) is 32.2 Å². The van der Waals surface area contributed by atoms with Gasteiger partial charge in [-0.15, -0.1) is 6.58 Å². The van der Waals surface area contributed by atoms with Crippen molar-refractivity contribution in [3.8, 4) is 0 Å². The van der Waals surface area contributed by atoms with E-state index in [1.165, 1.54) is 0 Å². The Hall–Kier alpha value is -0.500. The predicted octanol–water partition coefficient (Wildman–Crippen LogP) is 4.48. The molecule has 0 amide bonds. The summed E-state index contributed by atoms with van der Waals surface area (Å²) >= 11 is 12.1. The summed E-state index contributed by atoms with van der Waals surface area (Å²) in [6.07, 6.45) is 4.92. The zero-order chi connectivity index (χ0) is 12.7. The fraction of sp³-hybridized carbons (Fsp3) is 0.429. The first-order valence-electron chi connectivity index (χ1n) is 5.95. The Bertz CT molecular complexity index is 363. The number of rotatable bonds is 7. The van der Waals surface area contributed by atoms with Gasteiger partial charge in [0.2, 0.25) is 0 Å². The van der Waals surface area contributed by atoms with Gasteiger partial charge in [-0.1, -0.05) is 42.3 Å². The van der Waals surface area contributed by atoms with E-state index >= 15 is 0 Å². The van der Waals surface area contributed by atoms with Gasteiger partial charge in [-0.25, -0.2) is 0 Å². The van der Waals surface area contributed by atoms with Crippen molar-refractivity contribution < 1.29 is 0 Å². The summed E-state index contributed by atoms with van der Waals surface area (Å²) in [5.41, 5.74) is 1.13. The minimum atomic E-state index is 0.395. The van der Waals surface area contributed by atoms with Gasteiger partial charge < -0.3 is 5.32 Å². The smallest absolute Gasteiger partial charge is 0.0453 e. The van der Waals surface area contributed by atoms with E-state index in [1.54, 1.807) is 6.07 Å². The second kappa shape index (κ2) is 7.75. The Morgan fingerprint density at radius 1 is 1.41 bits per heavy atom. The molecule has 0 aliphatic rings. The van der Waals surface area contributed by atoms with Crippen LogP contribution in [0.15, 0.2) is 30.9 Å².